The molecular weight excluding hydrogens is 408 g/mol. The first-order valence-electron chi connectivity index (χ1n) is 4.60. The first-order valence-corrected chi connectivity index (χ1v) is 10.2. The summed E-state index contributed by atoms with van der Waals surface area (Å²) in [6.45, 7) is 0. The van der Waals surface area contributed by atoms with Crippen LogP contribution in [-0.4, -0.2) is 33.7 Å². The molecule has 0 aliphatic heterocycles. The van der Waals surface area contributed by atoms with Crippen LogP contribution in [0.25, 0.3) is 8.25 Å². The summed E-state index contributed by atoms with van der Waals surface area (Å²) >= 11 is 0. The molecule has 10 nitrogen and oxygen atoms in total. The van der Waals surface area contributed by atoms with E-state index < -0.39 is 50.7 Å². The van der Waals surface area contributed by atoms with Crippen molar-refractivity contribution in [3.8, 4) is 0 Å². The van der Waals surface area contributed by atoms with Crippen LogP contribution in [0.5, 0.6) is 0 Å². The predicted octanol–water partition coefficient (Wildman–Crippen LogP) is -5.75. The molecule has 0 heterocycles. The average Bonchev–Trinajstić information content (AvgIpc) is 2.22. The van der Waals surface area contributed by atoms with Gasteiger partial charge in [0.25, 0.3) is 0 Å². The third-order valence-corrected chi connectivity index (χ3v) is 6.47. The van der Waals surface area contributed by atoms with Crippen LogP contribution in [0.4, 0.5) is 7.77 Å². The van der Waals surface area contributed by atoms with Gasteiger partial charge in [-0.05, 0) is 18.2 Å². The van der Waals surface area contributed by atoms with E-state index in [4.69, 9.17) is 0 Å². The number of nitrogens with zero attached hydrogens (tertiary/aromatic N) is 2. The van der Waals surface area contributed by atoms with Crippen LogP contribution in [-0.2, 0) is 40.9 Å². The van der Waals surface area contributed by atoms with E-state index in [9.17, 15) is 41.4 Å². The maximum absolute atomic E-state index is 12.3. The molecule has 1 aromatic rings. The monoisotopic (exact) mass is 412 g/mol. The summed E-state index contributed by atoms with van der Waals surface area (Å²) in [6.07, 6.45) is 0. The zero-order valence-electron chi connectivity index (χ0n) is 11.9. The Kier molecular flexibility index (Phi) is 9.38. The van der Waals surface area contributed by atoms with E-state index >= 15 is 0 Å². The molecule has 0 amide bonds. The van der Waals surface area contributed by atoms with Gasteiger partial charge in [-0.2, -0.15) is 0 Å². The summed E-state index contributed by atoms with van der Waals surface area (Å²) in [6, 6.07) is 2.26. The van der Waals surface area contributed by atoms with Crippen molar-refractivity contribution in [3.05, 3.63) is 32.5 Å². The van der Waals surface area contributed by atoms with Gasteiger partial charge in [0.2, 0.25) is 20.8 Å². The number of benzene rings is 1. The molecule has 18 heteroatoms. The van der Waals surface area contributed by atoms with E-state index in [0.717, 1.165) is 6.07 Å². The van der Waals surface area contributed by atoms with Crippen molar-refractivity contribution in [1.29, 1.82) is 0 Å². The van der Waals surface area contributed by atoms with E-state index in [-0.39, 0.29) is 43.8 Å². The minimum atomic E-state index is -5.80. The van der Waals surface area contributed by atoms with Crippen molar-refractivity contribution in [3.63, 3.8) is 0 Å². The van der Waals surface area contributed by atoms with Gasteiger partial charge in [0.05, 0.1) is 9.79 Å². The molecular formula is C6H4F2Li2N2O8S4. The molecule has 0 saturated carbocycles. The van der Waals surface area contributed by atoms with E-state index in [1.54, 1.807) is 0 Å². The summed E-state index contributed by atoms with van der Waals surface area (Å²) in [7, 11) is -21.9. The summed E-state index contributed by atoms with van der Waals surface area (Å²) in [4.78, 5) is -2.19. The summed E-state index contributed by atoms with van der Waals surface area (Å²) in [5.41, 5.74) is 0. The Bertz CT molecular complexity index is 927. The molecule has 0 unspecified atom stereocenters. The van der Waals surface area contributed by atoms with E-state index in [1.165, 1.54) is 0 Å². The molecule has 24 heavy (non-hydrogen) atoms. The molecule has 0 aromatic heterocycles. The third kappa shape index (κ3) is 8.39. The van der Waals surface area contributed by atoms with Gasteiger partial charge in [0.1, 0.15) is 20.0 Å². The van der Waals surface area contributed by atoms with E-state index in [1.807, 2.05) is 8.25 Å². The van der Waals surface area contributed by atoms with Crippen molar-refractivity contribution in [2.75, 3.05) is 0 Å². The van der Waals surface area contributed by atoms with Crippen molar-refractivity contribution in [1.82, 2.24) is 0 Å². The molecule has 0 radical (unpaired) electrons. The Balaban J connectivity index is 0. The van der Waals surface area contributed by atoms with Crippen molar-refractivity contribution < 1.29 is 79.2 Å². The molecule has 0 N–H and O–H groups in total. The number of halogens is 2. The fourth-order valence-electron chi connectivity index (χ4n) is 1.12. The van der Waals surface area contributed by atoms with Crippen LogP contribution in [0, 0.1) is 0 Å². The van der Waals surface area contributed by atoms with Gasteiger partial charge in [-0.1, -0.05) is 6.07 Å². The van der Waals surface area contributed by atoms with E-state index in [2.05, 4.69) is 0 Å². The minimum absolute atomic E-state index is 0. The average molecular weight is 412 g/mol. The molecule has 0 saturated heterocycles. The predicted molar refractivity (Wildman–Crippen MR) is 67.6 cm³/mol. The molecule has 0 aliphatic rings. The summed E-state index contributed by atoms with van der Waals surface area (Å²) in [5.74, 6) is 0. The van der Waals surface area contributed by atoms with Gasteiger partial charge in [-0.25, -0.2) is 33.7 Å². The maximum Gasteiger partial charge on any atom is 1.00 e. The minimum Gasteiger partial charge on any atom is -0.403 e. The smallest absolute Gasteiger partial charge is 0.403 e. The van der Waals surface area contributed by atoms with Gasteiger partial charge in [-0.3, -0.25) is 0 Å². The Morgan fingerprint density at radius 1 is 0.667 bits per heavy atom. The third-order valence-electron chi connectivity index (χ3n) is 1.78. The zero-order valence-corrected chi connectivity index (χ0v) is 15.1. The van der Waals surface area contributed by atoms with Crippen LogP contribution in [0.2, 0.25) is 0 Å². The van der Waals surface area contributed by atoms with Crippen LogP contribution in [0.3, 0.4) is 0 Å². The quantitative estimate of drug-likeness (QED) is 0.329. The van der Waals surface area contributed by atoms with Crippen molar-refractivity contribution >= 4 is 40.9 Å². The molecule has 0 spiro atoms. The Morgan fingerprint density at radius 3 is 1.21 bits per heavy atom. The largest absolute Gasteiger partial charge is 1.00 e. The van der Waals surface area contributed by atoms with Crippen LogP contribution in [0.1, 0.15) is 0 Å². The number of hydrogen-bond acceptors (Lipinski definition) is 8. The SMILES string of the molecule is O=S(=O)(F)[N-]S(=O)(=O)c1cccc(S(=O)(=O)[N-]S(=O)(=O)F)c1.[Li+].[Li+]. The summed E-state index contributed by atoms with van der Waals surface area (Å²) < 4.78 is 115. The second-order valence-corrected chi connectivity index (χ2v) is 9.08. The van der Waals surface area contributed by atoms with Crippen molar-refractivity contribution in [2.45, 2.75) is 9.79 Å². The topological polar surface area (TPSA) is 165 Å². The second-order valence-electron chi connectivity index (χ2n) is 3.40. The molecule has 0 aliphatic carbocycles. The first kappa shape index (κ1) is 26.2. The van der Waals surface area contributed by atoms with E-state index in [0.29, 0.717) is 12.1 Å². The normalized spacial score (nSPS) is 12.8. The van der Waals surface area contributed by atoms with Gasteiger partial charge >= 0.3 is 37.7 Å². The number of rotatable bonds is 6. The molecule has 1 aromatic carbocycles. The molecule has 0 bridgehead atoms. The van der Waals surface area contributed by atoms with Gasteiger partial charge in [0, 0.05) is 0 Å². The van der Waals surface area contributed by atoms with Gasteiger partial charge in [-0.15, -0.1) is 7.77 Å². The molecule has 1 rings (SSSR count). The number of hydrogen-bond donors (Lipinski definition) is 0. The molecule has 0 fully saturated rings. The Labute approximate surface area is 161 Å². The standard InChI is InChI=1S/C6H4F2N2O8S4.2Li/c7-21(15,16)9-19(11,12)5-2-1-3-6(4-5)20(13,14)10-22(8,17)18;;/h1-4H;;/q-2;2*+1. The summed E-state index contributed by atoms with van der Waals surface area (Å²) in [5, 5.41) is 0. The van der Waals surface area contributed by atoms with Crippen LogP contribution in [0.15, 0.2) is 34.1 Å². The van der Waals surface area contributed by atoms with Crippen LogP contribution >= 0.6 is 0 Å². The Morgan fingerprint density at radius 2 is 0.958 bits per heavy atom. The fraction of sp³-hybridized carbons (Fsp3) is 0. The van der Waals surface area contributed by atoms with Crippen LogP contribution < -0.4 is 37.7 Å². The van der Waals surface area contributed by atoms with Gasteiger partial charge < -0.3 is 8.25 Å². The van der Waals surface area contributed by atoms with Crippen molar-refractivity contribution in [2.24, 2.45) is 0 Å². The fourth-order valence-corrected chi connectivity index (χ4v) is 4.81. The Hall–Kier alpha value is -0.00519. The maximum atomic E-state index is 12.3. The second kappa shape index (κ2) is 8.59. The number of sulfonamides is 2. The molecule has 0 atom stereocenters. The molecule has 126 valence electrons. The first-order chi connectivity index (χ1) is 9.62. The van der Waals surface area contributed by atoms with Gasteiger partial charge in [0.15, 0.2) is 0 Å². The zero-order chi connectivity index (χ0) is 17.4.